The first-order chi connectivity index (χ1) is 48.0. The zero-order valence-electron chi connectivity index (χ0n) is 65.1. The van der Waals surface area contributed by atoms with Crippen LogP contribution in [-0.2, 0) is 4.74 Å². The highest BCUT2D eigenvalue weighted by Gasteiger charge is 2.28. The van der Waals surface area contributed by atoms with E-state index in [1.165, 1.54) is 52.7 Å². The molecule has 0 radical (unpaired) electrons. The molecular weight excluding hydrogens is 1480 g/mol. The van der Waals surface area contributed by atoms with Crippen LogP contribution in [0.5, 0.6) is 0 Å². The van der Waals surface area contributed by atoms with Crippen LogP contribution >= 0.6 is 106 Å². The largest absolute Gasteiger partial charge is 0.399 e. The van der Waals surface area contributed by atoms with Crippen molar-refractivity contribution in [2.24, 2.45) is 5.73 Å². The first-order valence-electron chi connectivity index (χ1n) is 33.4. The molecule has 25 heteroatoms. The lowest BCUT2D eigenvalue weighted by atomic mass is 10.0. The molecule has 0 amide bonds. The lowest BCUT2D eigenvalue weighted by Crippen LogP contribution is -2.47. The number of anilines is 4. The maximum Gasteiger partial charge on any atom is 0.221 e. The Morgan fingerprint density at radius 3 is 1.33 bits per heavy atom. The van der Waals surface area contributed by atoms with Crippen LogP contribution in [0.3, 0.4) is 0 Å². The molecule has 104 heavy (non-hydrogen) atoms. The Hall–Kier alpha value is -6.07. The van der Waals surface area contributed by atoms with Crippen LogP contribution in [0.1, 0.15) is 151 Å². The third-order valence-electron chi connectivity index (χ3n) is 14.3. The molecule has 568 valence electrons. The van der Waals surface area contributed by atoms with Crippen LogP contribution in [0.25, 0.3) is 0 Å². The fourth-order valence-corrected chi connectivity index (χ4v) is 14.7. The average Bonchev–Trinajstić information content (AvgIpc) is 0.835. The Kier molecular flexibility index (Phi) is 46.8. The Labute approximate surface area is 667 Å². The molecule has 16 nitrogen and oxygen atoms in total. The molecule has 0 saturated carbocycles. The second kappa shape index (κ2) is 49.7. The minimum absolute atomic E-state index is 0. The molecule has 1 heterocycles. The quantitative estimate of drug-likeness (QED) is 0.0103. The van der Waals surface area contributed by atoms with Gasteiger partial charge >= 0.3 is 0 Å². The predicted octanol–water partition coefficient (Wildman–Crippen LogP) is 21.7. The van der Waals surface area contributed by atoms with E-state index in [2.05, 4.69) is 144 Å². The molecule has 0 aliphatic rings. The molecule has 0 bridgehead atoms. The van der Waals surface area contributed by atoms with Gasteiger partial charge < -0.3 is 33.0 Å². The Balaban J connectivity index is 0.00000124. The van der Waals surface area contributed by atoms with Gasteiger partial charge in [-0.2, -0.15) is 20.8 Å². The number of nitrogen functional groups attached to an aromatic ring is 3. The summed E-state index contributed by atoms with van der Waals surface area (Å²) in [4.78, 5) is 21.9. The Morgan fingerprint density at radius 1 is 0.596 bits per heavy atom. The number of rotatable bonds is 20. The minimum Gasteiger partial charge on any atom is -0.399 e. The van der Waals surface area contributed by atoms with Gasteiger partial charge in [0.1, 0.15) is 22.0 Å². The number of ether oxygens (including phenoxy) is 1. The number of nitrogens with one attached hydrogen (secondary N) is 2. The fraction of sp³-hybridized carbons (Fsp3) is 0.418. The molecule has 6 aromatic carbocycles. The molecule has 0 aliphatic carbocycles. The minimum atomic E-state index is -0.193. The van der Waals surface area contributed by atoms with Crippen molar-refractivity contribution in [2.75, 3.05) is 84.7 Å². The number of aromatic nitrogens is 2. The number of aryl methyl sites for hydroxylation is 4. The lowest BCUT2D eigenvalue weighted by Gasteiger charge is -2.35. The summed E-state index contributed by atoms with van der Waals surface area (Å²) in [6.07, 6.45) is 3.46. The maximum atomic E-state index is 9.65. The number of benzene rings is 6. The number of para-hydroxylation sites is 2. The van der Waals surface area contributed by atoms with Gasteiger partial charge in [-0.15, -0.1) is 35.9 Å². The second-order valence-corrected chi connectivity index (χ2v) is 33.0. The summed E-state index contributed by atoms with van der Waals surface area (Å²) in [7, 11) is 16.0. The highest BCUT2D eigenvalue weighted by Crippen LogP contribution is 2.41. The van der Waals surface area contributed by atoms with Gasteiger partial charge in [0.05, 0.1) is 40.4 Å². The van der Waals surface area contributed by atoms with Crippen molar-refractivity contribution in [1.82, 2.24) is 29.6 Å². The number of hydrogen-bond acceptors (Lipinski definition) is 19. The summed E-state index contributed by atoms with van der Waals surface area (Å²) in [5.41, 5.74) is 32.4. The molecule has 10 N–H and O–H groups in total. The van der Waals surface area contributed by atoms with Gasteiger partial charge in [0.2, 0.25) is 5.95 Å². The third kappa shape index (κ3) is 37.0. The van der Waals surface area contributed by atoms with Gasteiger partial charge in [0, 0.05) is 63.4 Å². The van der Waals surface area contributed by atoms with Gasteiger partial charge in [-0.25, -0.2) is 4.98 Å². The maximum absolute atomic E-state index is 9.65. The number of halogens is 5. The molecule has 7 aromatic rings. The van der Waals surface area contributed by atoms with Crippen LogP contribution in [-0.4, -0.2) is 121 Å². The van der Waals surface area contributed by atoms with E-state index in [0.717, 1.165) is 78.2 Å². The lowest BCUT2D eigenvalue weighted by molar-refractivity contribution is -0.178. The summed E-state index contributed by atoms with van der Waals surface area (Å²) in [6, 6.07) is 42.4. The number of amidine groups is 1. The Bertz CT molecular complexity index is 3890. The SMILES string of the molecule is CC(=N)N.CN(C)C(OC(C)(C)C)N(C)C.Cc1cc(C(C)C)c(S/C(C#N)=C/Nc2ccccc2)cc1Cl.Cc1cc(C(C)C)c(SC(C#N)C(N(C)C)N(C)C)cc1Cl.Cc1cc(C(C)C)c(SCC#N)cc1Cl.Cc1cc(C(C)C)c(Sc2cnc(N)nc2N)cc1Cl.Cl.Nc1ccccc1. The van der Waals surface area contributed by atoms with Gasteiger partial charge in [-0.05, 0) is 228 Å². The standard InChI is InChI=1S/C19H19ClN2S.C17H26ClN3S.C14H17ClN4S.C12H14ClNS.C9H22N2O.C6H7N.C2H6N2.ClH/c1-13(2)17-9-14(3)18(20)10-19(17)23-16(11-21)12-22-15-7-5-4-6-8-15;1-11(2)13-8-12(3)14(18)9-15(13)22-16(10-19)17(20(4)5)21(6)7;1-7(2)9-4-8(3)10(15)5-11(9)20-12-6-18-14(17)19-13(12)16;1-8(2)10-6-9(3)11(13)7-12(10)15-5-4-14;1-9(2,3)12-8(10(4)5)11(6)7;7-6-4-2-1-3-5-6;1-2(3)4;/h4-10,12-13,22H,1-3H3;8-9,11,16-17H,1-7H3;4-7H,1-3H3,(H4,16,17,18,19);6-8H,5H2,1-3H3;8H,1-7H3;1-5H,7H2;1H3,(H3,3,4);1H/b16-12+;;;;;;;. The highest BCUT2D eigenvalue weighted by atomic mass is 35.5. The molecule has 7 rings (SSSR count). The summed E-state index contributed by atoms with van der Waals surface area (Å²) in [5.74, 6) is 2.82. The first-order valence-corrected chi connectivity index (χ1v) is 38.4. The van der Waals surface area contributed by atoms with E-state index in [1.54, 1.807) is 35.9 Å². The van der Waals surface area contributed by atoms with E-state index in [1.807, 2.05) is 179 Å². The van der Waals surface area contributed by atoms with Crippen molar-refractivity contribution < 1.29 is 4.74 Å². The normalized spacial score (nSPS) is 11.3. The fourth-order valence-electron chi connectivity index (χ4n) is 9.28. The van der Waals surface area contributed by atoms with E-state index >= 15 is 0 Å². The van der Waals surface area contributed by atoms with Crippen LogP contribution in [0.2, 0.25) is 20.1 Å². The van der Waals surface area contributed by atoms with Crippen molar-refractivity contribution in [1.29, 1.82) is 21.2 Å². The number of nitrogens with zero attached hydrogens (tertiary/aromatic N) is 9. The molecule has 0 saturated heterocycles. The number of hydrogen-bond donors (Lipinski definition) is 6. The number of nitrogens with two attached hydrogens (primary N) is 4. The van der Waals surface area contributed by atoms with E-state index in [9.17, 15) is 10.5 Å². The van der Waals surface area contributed by atoms with E-state index in [4.69, 9.17) is 84.7 Å². The first kappa shape index (κ1) is 97.9. The van der Waals surface area contributed by atoms with Crippen molar-refractivity contribution >= 4 is 135 Å². The molecular formula is C79H112Cl5N15OS4. The van der Waals surface area contributed by atoms with E-state index in [-0.39, 0.29) is 47.6 Å². The zero-order chi connectivity index (χ0) is 78.8. The van der Waals surface area contributed by atoms with Crippen LogP contribution in [0.4, 0.5) is 23.1 Å². The molecule has 0 spiro atoms. The monoisotopic (exact) mass is 1590 g/mol. The summed E-state index contributed by atoms with van der Waals surface area (Å²) in [5, 5.41) is 39.9. The van der Waals surface area contributed by atoms with Gasteiger partial charge in [-0.1, -0.05) is 186 Å². The van der Waals surface area contributed by atoms with Crippen molar-refractivity contribution in [3.05, 3.63) is 191 Å². The van der Waals surface area contributed by atoms with E-state index in [0.29, 0.717) is 40.1 Å². The molecule has 0 fully saturated rings. The van der Waals surface area contributed by atoms with Crippen LogP contribution in [0.15, 0.2) is 151 Å². The zero-order valence-corrected chi connectivity index (χ0v) is 72.2. The van der Waals surface area contributed by atoms with Crippen molar-refractivity contribution in [2.45, 2.75) is 182 Å². The second-order valence-electron chi connectivity index (χ2n) is 27.0. The number of nitriles is 3. The predicted molar refractivity (Wildman–Crippen MR) is 456 cm³/mol. The van der Waals surface area contributed by atoms with E-state index < -0.39 is 0 Å². The number of thioether (sulfide) groups is 3. The summed E-state index contributed by atoms with van der Waals surface area (Å²) < 4.78 is 5.81. The summed E-state index contributed by atoms with van der Waals surface area (Å²) in [6.45, 7) is 33.0. The van der Waals surface area contributed by atoms with Crippen molar-refractivity contribution in [3.8, 4) is 18.2 Å². The van der Waals surface area contributed by atoms with Gasteiger partial charge in [0.25, 0.3) is 0 Å². The van der Waals surface area contributed by atoms with Crippen LogP contribution < -0.4 is 28.3 Å². The Morgan fingerprint density at radius 2 is 0.981 bits per heavy atom. The summed E-state index contributed by atoms with van der Waals surface area (Å²) >= 11 is 31.0. The third-order valence-corrected chi connectivity index (χ3v) is 20.2. The van der Waals surface area contributed by atoms with Gasteiger partial charge in [0.15, 0.2) is 6.35 Å². The van der Waals surface area contributed by atoms with Crippen LogP contribution in [0, 0.1) is 67.1 Å². The topological polar surface area (TPSA) is 259 Å². The highest BCUT2D eigenvalue weighted by molar-refractivity contribution is 8.03. The molecule has 1 atom stereocenters. The average molecular weight is 1590 g/mol. The molecule has 1 aromatic heterocycles. The molecule has 0 aliphatic heterocycles. The van der Waals surface area contributed by atoms with Crippen molar-refractivity contribution in [3.63, 3.8) is 0 Å². The van der Waals surface area contributed by atoms with Gasteiger partial charge in [-0.3, -0.25) is 25.0 Å². The molecule has 1 unspecified atom stereocenters. The smallest absolute Gasteiger partial charge is 0.221 e. The number of allylic oxidation sites excluding steroid dienone is 1.